The van der Waals surface area contributed by atoms with Crippen molar-refractivity contribution in [1.82, 2.24) is 0 Å². The van der Waals surface area contributed by atoms with E-state index in [1.165, 1.54) is 18.2 Å². The summed E-state index contributed by atoms with van der Waals surface area (Å²) in [4.78, 5) is 13.8. The summed E-state index contributed by atoms with van der Waals surface area (Å²) < 4.78 is 0. The second kappa shape index (κ2) is 9.20. The first-order valence-electron chi connectivity index (χ1n) is 8.48. The molecule has 0 bridgehead atoms. The number of phenols is 1. The Morgan fingerprint density at radius 1 is 1.04 bits per heavy atom. The lowest BCUT2D eigenvalue weighted by Crippen LogP contribution is -2.25. The van der Waals surface area contributed by atoms with Crippen molar-refractivity contribution in [1.29, 1.82) is 0 Å². The van der Waals surface area contributed by atoms with Crippen LogP contribution < -0.4 is 4.90 Å². The van der Waals surface area contributed by atoms with Gasteiger partial charge in [0, 0.05) is 23.8 Å². The number of carbonyl (C=O) groups is 1. The Morgan fingerprint density at radius 3 is 2.31 bits per heavy atom. The average molecular weight is 376 g/mol. The number of azo groups is 1. The van der Waals surface area contributed by atoms with Crippen LogP contribution in [0.5, 0.6) is 5.75 Å². The van der Waals surface area contributed by atoms with E-state index in [-0.39, 0.29) is 22.7 Å². The van der Waals surface area contributed by atoms with Crippen molar-refractivity contribution >= 4 is 34.6 Å². The summed E-state index contributed by atoms with van der Waals surface area (Å²) in [5.41, 5.74) is 1.30. The number of anilines is 1. The predicted octanol–water partition coefficient (Wildman–Crippen LogP) is 5.79. The number of hydrogen-bond donors (Lipinski definition) is 2. The van der Waals surface area contributed by atoms with E-state index in [1.807, 2.05) is 6.07 Å². The van der Waals surface area contributed by atoms with Gasteiger partial charge in [0.05, 0.1) is 5.56 Å². The Labute approximate surface area is 157 Å². The summed E-state index contributed by atoms with van der Waals surface area (Å²) in [5.74, 6) is -1.16. The molecule has 0 aliphatic carbocycles. The highest BCUT2D eigenvalue weighted by Crippen LogP contribution is 2.32. The molecule has 0 heterocycles. The van der Waals surface area contributed by atoms with Gasteiger partial charge in [0.15, 0.2) is 0 Å². The van der Waals surface area contributed by atoms with Crippen molar-refractivity contribution in [2.75, 3.05) is 18.0 Å². The molecule has 2 aromatic rings. The van der Waals surface area contributed by atoms with Crippen LogP contribution in [0.15, 0.2) is 46.6 Å². The van der Waals surface area contributed by atoms with Crippen molar-refractivity contribution in [3.05, 3.63) is 47.0 Å². The number of halogens is 1. The Hall–Kier alpha value is -2.60. The maximum Gasteiger partial charge on any atom is 0.338 e. The smallest absolute Gasteiger partial charge is 0.338 e. The number of aromatic hydroxyl groups is 1. The molecule has 0 amide bonds. The molecule has 0 unspecified atom stereocenters. The van der Waals surface area contributed by atoms with Crippen molar-refractivity contribution < 1.29 is 15.0 Å². The maximum absolute atomic E-state index is 11.7. The number of carboxylic acid groups (broad SMARTS) is 1. The lowest BCUT2D eigenvalue weighted by atomic mass is 10.1. The van der Waals surface area contributed by atoms with Crippen LogP contribution in [-0.4, -0.2) is 29.3 Å². The second-order valence-electron chi connectivity index (χ2n) is 5.83. The zero-order valence-corrected chi connectivity index (χ0v) is 15.6. The molecule has 0 aromatic heterocycles. The van der Waals surface area contributed by atoms with Crippen molar-refractivity contribution in [3.63, 3.8) is 0 Å². The first kappa shape index (κ1) is 19.7. The number of phenolic OH excluding ortho intramolecular Hbond substituents is 1. The molecule has 2 N–H and O–H groups in total. The van der Waals surface area contributed by atoms with E-state index in [0.29, 0.717) is 5.02 Å². The van der Waals surface area contributed by atoms with Crippen molar-refractivity contribution in [2.45, 2.75) is 26.7 Å². The third-order valence-electron chi connectivity index (χ3n) is 3.77. The van der Waals surface area contributed by atoms with Crippen LogP contribution in [0.2, 0.25) is 5.02 Å². The lowest BCUT2D eigenvalue weighted by molar-refractivity contribution is 0.0698. The van der Waals surface area contributed by atoms with Crippen LogP contribution in [0.3, 0.4) is 0 Å². The summed E-state index contributed by atoms with van der Waals surface area (Å²) in [7, 11) is 0. The molecule has 0 saturated heterocycles. The first-order valence-corrected chi connectivity index (χ1v) is 8.86. The van der Waals surface area contributed by atoms with Crippen molar-refractivity contribution in [2.24, 2.45) is 10.2 Å². The Bertz CT molecular complexity index is 803. The second-order valence-corrected chi connectivity index (χ2v) is 6.26. The summed E-state index contributed by atoms with van der Waals surface area (Å²) in [6.45, 7) is 5.87. The molecule has 0 aliphatic heterocycles. The summed E-state index contributed by atoms with van der Waals surface area (Å²) >= 11 is 5.88. The molecule has 0 saturated carbocycles. The molecule has 6 nitrogen and oxygen atoms in total. The molecule has 2 aromatic carbocycles. The van der Waals surface area contributed by atoms with E-state index in [9.17, 15) is 15.0 Å². The highest BCUT2D eigenvalue weighted by molar-refractivity contribution is 6.30. The molecule has 0 atom stereocenters. The minimum absolute atomic E-state index is 0.0602. The van der Waals surface area contributed by atoms with E-state index in [1.54, 1.807) is 12.1 Å². The quantitative estimate of drug-likeness (QED) is 0.572. The van der Waals surface area contributed by atoms with Gasteiger partial charge >= 0.3 is 5.97 Å². The molecular weight excluding hydrogens is 354 g/mol. The minimum atomic E-state index is -1.08. The summed E-state index contributed by atoms with van der Waals surface area (Å²) in [6.07, 6.45) is 1.94. The normalized spacial score (nSPS) is 11.0. The molecule has 7 heteroatoms. The molecular formula is C19H22ClN3O3. The van der Waals surface area contributed by atoms with E-state index in [0.717, 1.165) is 31.6 Å². The highest BCUT2D eigenvalue weighted by atomic mass is 35.5. The third-order valence-corrected chi connectivity index (χ3v) is 4.00. The van der Waals surface area contributed by atoms with E-state index in [4.69, 9.17) is 11.6 Å². The monoisotopic (exact) mass is 375 g/mol. The Kier molecular flexibility index (Phi) is 6.97. The fourth-order valence-electron chi connectivity index (χ4n) is 2.57. The van der Waals surface area contributed by atoms with Crippen LogP contribution in [0.25, 0.3) is 0 Å². The van der Waals surface area contributed by atoms with Crippen molar-refractivity contribution in [3.8, 4) is 5.75 Å². The van der Waals surface area contributed by atoms with Gasteiger partial charge in [-0.25, -0.2) is 4.79 Å². The number of carboxylic acids is 1. The third kappa shape index (κ3) is 4.95. The van der Waals surface area contributed by atoms with Gasteiger partial charge in [0.1, 0.15) is 17.1 Å². The number of nitrogens with zero attached hydrogens (tertiary/aromatic N) is 3. The molecule has 2 rings (SSSR count). The Balaban J connectivity index is 2.38. The van der Waals surface area contributed by atoms with Crippen LogP contribution in [-0.2, 0) is 0 Å². The SMILES string of the molecule is CCCN(CCC)c1ccc(N=Nc2cc(Cl)ccc2O)c(C(=O)O)c1. The highest BCUT2D eigenvalue weighted by Gasteiger charge is 2.14. The molecule has 138 valence electrons. The number of aromatic carboxylic acids is 1. The Morgan fingerprint density at radius 2 is 1.69 bits per heavy atom. The molecule has 0 aliphatic rings. The predicted molar refractivity (Wildman–Crippen MR) is 103 cm³/mol. The van der Waals surface area contributed by atoms with E-state index >= 15 is 0 Å². The van der Waals surface area contributed by atoms with Gasteiger partial charge in [0.25, 0.3) is 0 Å². The van der Waals surface area contributed by atoms with Crippen LogP contribution in [0.1, 0.15) is 37.0 Å². The lowest BCUT2D eigenvalue weighted by Gasteiger charge is -2.24. The largest absolute Gasteiger partial charge is 0.506 e. The standard InChI is InChI=1S/C19H22ClN3O3/c1-3-9-23(10-4-2)14-6-7-16(15(12-14)19(25)26)21-22-17-11-13(20)5-8-18(17)24/h5-8,11-12,24H,3-4,9-10H2,1-2H3,(H,25,26). The number of benzene rings is 2. The fourth-order valence-corrected chi connectivity index (χ4v) is 2.74. The first-order chi connectivity index (χ1) is 12.5. The molecule has 0 radical (unpaired) electrons. The van der Waals surface area contributed by atoms with Gasteiger partial charge in [-0.1, -0.05) is 25.4 Å². The number of hydrogen-bond acceptors (Lipinski definition) is 5. The van der Waals surface area contributed by atoms with Gasteiger partial charge in [-0.15, -0.1) is 10.2 Å². The zero-order valence-electron chi connectivity index (χ0n) is 14.8. The van der Waals surface area contributed by atoms with E-state index < -0.39 is 5.97 Å². The fraction of sp³-hybridized carbons (Fsp3) is 0.316. The minimum Gasteiger partial charge on any atom is -0.506 e. The molecule has 26 heavy (non-hydrogen) atoms. The average Bonchev–Trinajstić information content (AvgIpc) is 2.62. The van der Waals surface area contributed by atoms with Crippen LogP contribution in [0.4, 0.5) is 17.1 Å². The topological polar surface area (TPSA) is 85.5 Å². The van der Waals surface area contributed by atoms with Gasteiger partial charge in [0.2, 0.25) is 0 Å². The summed E-state index contributed by atoms with van der Waals surface area (Å²) in [6, 6.07) is 9.47. The maximum atomic E-state index is 11.7. The van der Waals surface area contributed by atoms with Gasteiger partial charge in [-0.05, 0) is 49.2 Å². The number of rotatable bonds is 8. The van der Waals surface area contributed by atoms with Crippen LogP contribution in [0, 0.1) is 0 Å². The molecule has 0 spiro atoms. The van der Waals surface area contributed by atoms with Gasteiger partial charge < -0.3 is 15.1 Å². The summed E-state index contributed by atoms with van der Waals surface area (Å²) in [5, 5.41) is 27.7. The van der Waals surface area contributed by atoms with Crippen LogP contribution >= 0.6 is 11.6 Å². The van der Waals surface area contributed by atoms with Gasteiger partial charge in [-0.2, -0.15) is 0 Å². The molecule has 0 fully saturated rings. The van der Waals surface area contributed by atoms with E-state index in [2.05, 4.69) is 29.0 Å². The zero-order chi connectivity index (χ0) is 19.1. The van der Waals surface area contributed by atoms with Gasteiger partial charge in [-0.3, -0.25) is 0 Å².